The molecular weight excluding hydrogens is 284 g/mol. The zero-order chi connectivity index (χ0) is 16.5. The Hall–Kier alpha value is -2.24. The SMILES string of the molecule is CCOC(=O)CCN(CC)c1cc(NC(C)=O)ccc1OC. The van der Waals surface area contributed by atoms with Crippen molar-refractivity contribution in [1.82, 2.24) is 0 Å². The van der Waals surface area contributed by atoms with Crippen molar-refractivity contribution in [3.63, 3.8) is 0 Å². The lowest BCUT2D eigenvalue weighted by Gasteiger charge is -2.25. The number of hydrogen-bond acceptors (Lipinski definition) is 5. The van der Waals surface area contributed by atoms with Gasteiger partial charge in [-0.05, 0) is 32.0 Å². The molecule has 22 heavy (non-hydrogen) atoms. The Bertz CT molecular complexity index is 517. The van der Waals surface area contributed by atoms with Gasteiger partial charge in [0.1, 0.15) is 5.75 Å². The normalized spacial score (nSPS) is 10.0. The van der Waals surface area contributed by atoms with Crippen LogP contribution in [0.4, 0.5) is 11.4 Å². The maximum absolute atomic E-state index is 11.5. The van der Waals surface area contributed by atoms with Crippen molar-refractivity contribution in [2.75, 3.05) is 37.0 Å². The van der Waals surface area contributed by atoms with E-state index >= 15 is 0 Å². The van der Waals surface area contributed by atoms with Crippen molar-refractivity contribution in [1.29, 1.82) is 0 Å². The van der Waals surface area contributed by atoms with Crippen LogP contribution in [0.3, 0.4) is 0 Å². The van der Waals surface area contributed by atoms with Gasteiger partial charge in [0.2, 0.25) is 5.91 Å². The molecule has 0 aliphatic carbocycles. The number of anilines is 2. The van der Waals surface area contributed by atoms with Crippen LogP contribution in [0.1, 0.15) is 27.2 Å². The molecule has 0 aliphatic heterocycles. The summed E-state index contributed by atoms with van der Waals surface area (Å²) in [5, 5.41) is 2.75. The molecule has 1 amide bonds. The molecule has 0 saturated carbocycles. The van der Waals surface area contributed by atoms with Crippen LogP contribution < -0.4 is 15.0 Å². The van der Waals surface area contributed by atoms with Crippen LogP contribution in [0.5, 0.6) is 5.75 Å². The molecule has 0 atom stereocenters. The average molecular weight is 308 g/mol. The van der Waals surface area contributed by atoms with Gasteiger partial charge in [0, 0.05) is 25.7 Å². The van der Waals surface area contributed by atoms with Gasteiger partial charge >= 0.3 is 5.97 Å². The summed E-state index contributed by atoms with van der Waals surface area (Å²) in [6.45, 7) is 6.86. The van der Waals surface area contributed by atoms with Gasteiger partial charge in [0.15, 0.2) is 0 Å². The van der Waals surface area contributed by atoms with E-state index in [1.807, 2.05) is 17.9 Å². The maximum Gasteiger partial charge on any atom is 0.307 e. The van der Waals surface area contributed by atoms with Gasteiger partial charge in [0.25, 0.3) is 0 Å². The third-order valence-electron chi connectivity index (χ3n) is 3.11. The summed E-state index contributed by atoms with van der Waals surface area (Å²) in [6.07, 6.45) is 0.301. The van der Waals surface area contributed by atoms with Crippen LogP contribution in [-0.4, -0.2) is 38.7 Å². The fourth-order valence-corrected chi connectivity index (χ4v) is 2.13. The Kier molecular flexibility index (Phi) is 7.22. The smallest absolute Gasteiger partial charge is 0.307 e. The summed E-state index contributed by atoms with van der Waals surface area (Å²) in [7, 11) is 1.59. The summed E-state index contributed by atoms with van der Waals surface area (Å²) in [5.41, 5.74) is 1.53. The Morgan fingerprint density at radius 3 is 2.55 bits per heavy atom. The molecule has 0 fully saturated rings. The largest absolute Gasteiger partial charge is 0.495 e. The van der Waals surface area contributed by atoms with Crippen molar-refractivity contribution < 1.29 is 19.1 Å². The summed E-state index contributed by atoms with van der Waals surface area (Å²) in [5.74, 6) is 0.337. The standard InChI is InChI=1S/C16H24N2O4/c1-5-18(10-9-16(20)22-6-2)14-11-13(17-12(3)19)7-8-15(14)21-4/h7-8,11H,5-6,9-10H2,1-4H3,(H,17,19). The molecule has 0 heterocycles. The predicted octanol–water partition coefficient (Wildman–Crippen LogP) is 2.43. The second kappa shape index (κ2) is 8.92. The number of ether oxygens (including phenoxy) is 2. The highest BCUT2D eigenvalue weighted by Gasteiger charge is 2.14. The molecule has 1 aromatic rings. The minimum absolute atomic E-state index is 0.134. The lowest BCUT2D eigenvalue weighted by atomic mass is 10.2. The van der Waals surface area contributed by atoms with E-state index in [-0.39, 0.29) is 11.9 Å². The fourth-order valence-electron chi connectivity index (χ4n) is 2.13. The molecule has 0 aliphatic rings. The first-order valence-electron chi connectivity index (χ1n) is 7.38. The van der Waals surface area contributed by atoms with Crippen LogP contribution in [-0.2, 0) is 14.3 Å². The number of benzene rings is 1. The lowest BCUT2D eigenvalue weighted by Crippen LogP contribution is -2.27. The van der Waals surface area contributed by atoms with Crippen molar-refractivity contribution in [3.05, 3.63) is 18.2 Å². The van der Waals surface area contributed by atoms with Crippen LogP contribution >= 0.6 is 0 Å². The molecule has 0 spiro atoms. The second-order valence-corrected chi connectivity index (χ2v) is 4.70. The van der Waals surface area contributed by atoms with E-state index in [1.165, 1.54) is 6.92 Å². The van der Waals surface area contributed by atoms with Crippen LogP contribution in [0.25, 0.3) is 0 Å². The minimum atomic E-state index is -0.224. The molecular formula is C16H24N2O4. The Morgan fingerprint density at radius 2 is 2.00 bits per heavy atom. The molecule has 0 radical (unpaired) electrons. The molecule has 122 valence electrons. The zero-order valence-electron chi connectivity index (χ0n) is 13.6. The molecule has 0 bridgehead atoms. The third kappa shape index (κ3) is 5.27. The van der Waals surface area contributed by atoms with E-state index in [9.17, 15) is 9.59 Å². The summed E-state index contributed by atoms with van der Waals surface area (Å²) >= 11 is 0. The summed E-state index contributed by atoms with van der Waals surface area (Å²) in [6, 6.07) is 5.42. The van der Waals surface area contributed by atoms with E-state index in [1.54, 1.807) is 26.2 Å². The topological polar surface area (TPSA) is 67.9 Å². The molecule has 1 N–H and O–H groups in total. The summed E-state index contributed by atoms with van der Waals surface area (Å²) < 4.78 is 10.3. The Morgan fingerprint density at radius 1 is 1.27 bits per heavy atom. The van der Waals surface area contributed by atoms with Crippen LogP contribution in [0, 0.1) is 0 Å². The van der Waals surface area contributed by atoms with E-state index in [0.717, 1.165) is 5.69 Å². The number of nitrogens with one attached hydrogen (secondary N) is 1. The van der Waals surface area contributed by atoms with Crippen molar-refractivity contribution in [3.8, 4) is 5.75 Å². The van der Waals surface area contributed by atoms with Gasteiger partial charge in [-0.1, -0.05) is 0 Å². The van der Waals surface area contributed by atoms with E-state index in [4.69, 9.17) is 9.47 Å². The van der Waals surface area contributed by atoms with E-state index in [0.29, 0.717) is 37.6 Å². The zero-order valence-corrected chi connectivity index (χ0v) is 13.6. The first-order valence-corrected chi connectivity index (χ1v) is 7.38. The van der Waals surface area contributed by atoms with Gasteiger partial charge in [-0.25, -0.2) is 0 Å². The summed E-state index contributed by atoms with van der Waals surface area (Å²) in [4.78, 5) is 24.7. The number of nitrogens with zero attached hydrogens (tertiary/aromatic N) is 1. The molecule has 6 nitrogen and oxygen atoms in total. The number of carbonyl (C=O) groups excluding carboxylic acids is 2. The second-order valence-electron chi connectivity index (χ2n) is 4.70. The number of carbonyl (C=O) groups is 2. The molecule has 1 rings (SSSR count). The Balaban J connectivity index is 2.92. The highest BCUT2D eigenvalue weighted by molar-refractivity contribution is 5.89. The van der Waals surface area contributed by atoms with Crippen molar-refractivity contribution in [2.24, 2.45) is 0 Å². The maximum atomic E-state index is 11.5. The van der Waals surface area contributed by atoms with Crippen LogP contribution in [0.15, 0.2) is 18.2 Å². The first-order chi connectivity index (χ1) is 10.5. The van der Waals surface area contributed by atoms with Gasteiger partial charge in [-0.3, -0.25) is 9.59 Å². The van der Waals surface area contributed by atoms with Gasteiger partial charge < -0.3 is 19.7 Å². The quantitative estimate of drug-likeness (QED) is 0.747. The fraction of sp³-hybridized carbons (Fsp3) is 0.500. The van der Waals surface area contributed by atoms with Crippen molar-refractivity contribution in [2.45, 2.75) is 27.2 Å². The average Bonchev–Trinajstić information content (AvgIpc) is 2.48. The van der Waals surface area contributed by atoms with Crippen LogP contribution in [0.2, 0.25) is 0 Å². The highest BCUT2D eigenvalue weighted by Crippen LogP contribution is 2.31. The monoisotopic (exact) mass is 308 g/mol. The highest BCUT2D eigenvalue weighted by atomic mass is 16.5. The third-order valence-corrected chi connectivity index (χ3v) is 3.11. The number of amides is 1. The molecule has 1 aromatic carbocycles. The van der Waals surface area contributed by atoms with Gasteiger partial charge in [-0.15, -0.1) is 0 Å². The van der Waals surface area contributed by atoms with Crippen molar-refractivity contribution >= 4 is 23.3 Å². The number of rotatable bonds is 8. The first kappa shape index (κ1) is 17.8. The van der Waals surface area contributed by atoms with Gasteiger partial charge in [0.05, 0.1) is 25.8 Å². The lowest BCUT2D eigenvalue weighted by molar-refractivity contribution is -0.142. The molecule has 6 heteroatoms. The molecule has 0 unspecified atom stereocenters. The molecule has 0 aromatic heterocycles. The number of methoxy groups -OCH3 is 1. The van der Waals surface area contributed by atoms with Gasteiger partial charge in [-0.2, -0.15) is 0 Å². The molecule has 0 saturated heterocycles. The number of esters is 1. The minimum Gasteiger partial charge on any atom is -0.495 e. The number of hydrogen-bond donors (Lipinski definition) is 1. The van der Waals surface area contributed by atoms with E-state index < -0.39 is 0 Å². The predicted molar refractivity (Wildman–Crippen MR) is 86.4 cm³/mol. The Labute approximate surface area is 131 Å². The van der Waals surface area contributed by atoms with E-state index in [2.05, 4.69) is 5.32 Å².